The van der Waals surface area contributed by atoms with Crippen molar-refractivity contribution in [1.82, 2.24) is 15.6 Å². The number of rotatable bonds is 5. The molecule has 35 heavy (non-hydrogen) atoms. The van der Waals surface area contributed by atoms with Crippen molar-refractivity contribution in [2.45, 2.75) is 17.9 Å². The monoisotopic (exact) mass is 485 g/mol. The first-order chi connectivity index (χ1) is 16.6. The second kappa shape index (κ2) is 9.18. The molecule has 11 heteroatoms. The number of amides is 2. The van der Waals surface area contributed by atoms with Gasteiger partial charge in [-0.15, -0.1) is 0 Å². The number of pyridine rings is 1. The summed E-state index contributed by atoms with van der Waals surface area (Å²) >= 11 is 0. The van der Waals surface area contributed by atoms with Gasteiger partial charge >= 0.3 is 18.2 Å². The predicted molar refractivity (Wildman–Crippen MR) is 115 cm³/mol. The van der Waals surface area contributed by atoms with E-state index in [0.717, 1.165) is 0 Å². The Balaban J connectivity index is 1.68. The van der Waals surface area contributed by atoms with Gasteiger partial charge in [0.1, 0.15) is 11.7 Å². The molecule has 2 heterocycles. The minimum atomic E-state index is -5.36. The Kier molecular flexibility index (Phi) is 6.27. The van der Waals surface area contributed by atoms with Crippen LogP contribution in [0.5, 0.6) is 5.75 Å². The Bertz CT molecular complexity index is 1240. The molecule has 0 unspecified atom stereocenters. The number of benzene rings is 2. The Labute approximate surface area is 196 Å². The fourth-order valence-corrected chi connectivity index (χ4v) is 3.79. The number of urea groups is 1. The zero-order chi connectivity index (χ0) is 25.2. The van der Waals surface area contributed by atoms with E-state index in [1.165, 1.54) is 72.3 Å². The average Bonchev–Trinajstić information content (AvgIpc) is 2.84. The highest BCUT2D eigenvalue weighted by atomic mass is 19.4. The van der Waals surface area contributed by atoms with Crippen LogP contribution in [0.3, 0.4) is 0 Å². The first-order valence-electron chi connectivity index (χ1n) is 10.3. The second-order valence-corrected chi connectivity index (χ2v) is 7.75. The zero-order valence-corrected chi connectivity index (χ0v) is 17.8. The number of hydrogen-bond donors (Lipinski definition) is 3. The van der Waals surface area contributed by atoms with Gasteiger partial charge in [-0.25, -0.2) is 9.59 Å². The van der Waals surface area contributed by atoms with Gasteiger partial charge in [0, 0.05) is 18.0 Å². The Morgan fingerprint density at radius 3 is 2.23 bits per heavy atom. The Morgan fingerprint density at radius 2 is 1.63 bits per heavy atom. The van der Waals surface area contributed by atoms with E-state index >= 15 is 0 Å². The number of halogens is 3. The molecule has 2 amide bonds. The van der Waals surface area contributed by atoms with E-state index in [1.807, 2.05) is 0 Å². The first-order valence-corrected chi connectivity index (χ1v) is 10.3. The first kappa shape index (κ1) is 23.9. The number of ketones is 1. The number of carbonyl (C=O) groups is 3. The van der Waals surface area contributed by atoms with E-state index in [-0.39, 0.29) is 22.4 Å². The number of carbonyl (C=O) groups excluding carboxylic acids is 3. The largest absolute Gasteiger partial charge is 0.437 e. The quantitative estimate of drug-likeness (QED) is 0.290. The summed E-state index contributed by atoms with van der Waals surface area (Å²) in [5, 5.41) is 14.4. The number of esters is 1. The minimum absolute atomic E-state index is 0.0693. The molecule has 0 radical (unpaired) electrons. The van der Waals surface area contributed by atoms with Gasteiger partial charge in [-0.3, -0.25) is 9.78 Å². The maximum Gasteiger partial charge on any atom is 0.437 e. The van der Waals surface area contributed by atoms with Crippen LogP contribution in [-0.4, -0.2) is 39.8 Å². The molecule has 1 saturated heterocycles. The van der Waals surface area contributed by atoms with Gasteiger partial charge in [0.15, 0.2) is 5.78 Å². The Morgan fingerprint density at radius 1 is 0.971 bits per heavy atom. The van der Waals surface area contributed by atoms with Gasteiger partial charge < -0.3 is 20.5 Å². The SMILES string of the molecule is O=C1N[C@H](c2ccc(OC(=O)c3cccnc3)cc2)[C@H](C(=O)c2ccccc2)[C@@](O)(C(F)(F)F)N1. The lowest BCUT2D eigenvalue weighted by Gasteiger charge is -2.45. The topological polar surface area (TPSA) is 118 Å². The summed E-state index contributed by atoms with van der Waals surface area (Å²) in [7, 11) is 0. The van der Waals surface area contributed by atoms with Crippen LogP contribution in [0.4, 0.5) is 18.0 Å². The standard InChI is InChI=1S/C24H18F3N3O5/c25-24(26,27)23(34)18(20(31)15-5-2-1-3-6-15)19(29-22(33)30-23)14-8-10-17(11-9-14)35-21(32)16-7-4-12-28-13-16/h1-13,18-19,34H,(H2,29,30,33)/t18-,19-,23-/m1/s1. The summed E-state index contributed by atoms with van der Waals surface area (Å²) in [5.74, 6) is -3.83. The number of ether oxygens (including phenoxy) is 1. The lowest BCUT2D eigenvalue weighted by atomic mass is 9.77. The molecule has 1 aromatic heterocycles. The van der Waals surface area contributed by atoms with Crippen LogP contribution in [0.1, 0.15) is 32.3 Å². The van der Waals surface area contributed by atoms with Gasteiger partial charge in [0.2, 0.25) is 5.72 Å². The zero-order valence-electron chi connectivity index (χ0n) is 17.8. The highest BCUT2D eigenvalue weighted by Gasteiger charge is 2.66. The number of nitrogens with one attached hydrogen (secondary N) is 2. The van der Waals surface area contributed by atoms with Crippen molar-refractivity contribution >= 4 is 17.8 Å². The molecule has 8 nitrogen and oxygen atoms in total. The van der Waals surface area contributed by atoms with E-state index in [1.54, 1.807) is 12.1 Å². The highest BCUT2D eigenvalue weighted by Crippen LogP contribution is 2.44. The van der Waals surface area contributed by atoms with Gasteiger partial charge in [-0.1, -0.05) is 42.5 Å². The van der Waals surface area contributed by atoms with E-state index in [2.05, 4.69) is 10.3 Å². The molecule has 1 aliphatic heterocycles. The number of hydrogen-bond acceptors (Lipinski definition) is 6. The van der Waals surface area contributed by atoms with E-state index in [9.17, 15) is 32.7 Å². The van der Waals surface area contributed by atoms with E-state index < -0.39 is 41.6 Å². The molecule has 4 rings (SSSR count). The molecule has 0 saturated carbocycles. The average molecular weight is 485 g/mol. The Hall–Kier alpha value is -4.25. The van der Waals surface area contributed by atoms with Crippen molar-refractivity contribution in [2.24, 2.45) is 5.92 Å². The number of nitrogens with zero attached hydrogens (tertiary/aromatic N) is 1. The maximum absolute atomic E-state index is 14.0. The van der Waals surface area contributed by atoms with Crippen LogP contribution < -0.4 is 15.4 Å². The van der Waals surface area contributed by atoms with Gasteiger partial charge in [-0.05, 0) is 29.8 Å². The third-order valence-corrected chi connectivity index (χ3v) is 5.49. The molecular formula is C24H18F3N3O5. The van der Waals surface area contributed by atoms with Crippen LogP contribution in [0.15, 0.2) is 79.1 Å². The molecule has 0 bridgehead atoms. The molecule has 3 aromatic rings. The van der Waals surface area contributed by atoms with Crippen LogP contribution in [-0.2, 0) is 0 Å². The van der Waals surface area contributed by atoms with Gasteiger partial charge in [-0.2, -0.15) is 13.2 Å². The number of Topliss-reactive ketones (excluding diaryl/α,β-unsaturated/α-hetero) is 1. The minimum Gasteiger partial charge on any atom is -0.423 e. The van der Waals surface area contributed by atoms with Crippen molar-refractivity contribution in [2.75, 3.05) is 0 Å². The number of aromatic nitrogens is 1. The summed E-state index contributed by atoms with van der Waals surface area (Å²) in [6, 6.07) is 12.5. The highest BCUT2D eigenvalue weighted by molar-refractivity contribution is 6.00. The van der Waals surface area contributed by atoms with Crippen molar-refractivity contribution in [3.05, 3.63) is 95.8 Å². The summed E-state index contributed by atoms with van der Waals surface area (Å²) < 4.78 is 47.2. The fourth-order valence-electron chi connectivity index (χ4n) is 3.79. The summed E-state index contributed by atoms with van der Waals surface area (Å²) in [5.41, 5.74) is -3.65. The number of aliphatic hydroxyl groups is 1. The van der Waals surface area contributed by atoms with E-state index in [4.69, 9.17) is 4.74 Å². The molecule has 180 valence electrons. The van der Waals surface area contributed by atoms with E-state index in [0.29, 0.717) is 0 Å². The fraction of sp³-hybridized carbons (Fsp3) is 0.167. The molecule has 2 aromatic carbocycles. The number of alkyl halides is 3. The normalized spacial score (nSPS) is 22.0. The van der Waals surface area contributed by atoms with Crippen molar-refractivity contribution in [1.29, 1.82) is 0 Å². The third-order valence-electron chi connectivity index (χ3n) is 5.49. The summed E-state index contributed by atoms with van der Waals surface area (Å²) in [4.78, 5) is 41.3. The molecule has 1 fully saturated rings. The van der Waals surface area contributed by atoms with Crippen molar-refractivity contribution in [3.63, 3.8) is 0 Å². The predicted octanol–water partition coefficient (Wildman–Crippen LogP) is 3.40. The lowest BCUT2D eigenvalue weighted by molar-refractivity contribution is -0.287. The molecule has 0 aliphatic carbocycles. The molecule has 3 atom stereocenters. The summed E-state index contributed by atoms with van der Waals surface area (Å²) in [6.45, 7) is 0. The van der Waals surface area contributed by atoms with Crippen molar-refractivity contribution < 1.29 is 37.4 Å². The van der Waals surface area contributed by atoms with Crippen LogP contribution in [0.2, 0.25) is 0 Å². The maximum atomic E-state index is 14.0. The van der Waals surface area contributed by atoms with Crippen LogP contribution in [0.25, 0.3) is 0 Å². The third kappa shape index (κ3) is 4.71. The van der Waals surface area contributed by atoms with Gasteiger partial charge in [0.05, 0.1) is 11.6 Å². The van der Waals surface area contributed by atoms with Crippen LogP contribution in [0, 0.1) is 5.92 Å². The molecule has 1 aliphatic rings. The summed E-state index contributed by atoms with van der Waals surface area (Å²) in [6.07, 6.45) is -2.58. The molecule has 0 spiro atoms. The second-order valence-electron chi connectivity index (χ2n) is 7.75. The van der Waals surface area contributed by atoms with Gasteiger partial charge in [0.25, 0.3) is 0 Å². The smallest absolute Gasteiger partial charge is 0.423 e. The molecule has 3 N–H and O–H groups in total. The lowest BCUT2D eigenvalue weighted by Crippen LogP contribution is -2.72. The molecular weight excluding hydrogens is 467 g/mol. The van der Waals surface area contributed by atoms with Crippen molar-refractivity contribution in [3.8, 4) is 5.75 Å². The van der Waals surface area contributed by atoms with Crippen LogP contribution >= 0.6 is 0 Å².